The van der Waals surface area contributed by atoms with Crippen molar-refractivity contribution in [1.29, 1.82) is 0 Å². The molecule has 2 heterocycles. The number of rotatable bonds is 4. The van der Waals surface area contributed by atoms with E-state index in [2.05, 4.69) is 16.9 Å². The van der Waals surface area contributed by atoms with Gasteiger partial charge in [-0.25, -0.2) is 0 Å². The highest BCUT2D eigenvalue weighted by Crippen LogP contribution is 2.11. The highest BCUT2D eigenvalue weighted by Gasteiger charge is 2.25. The van der Waals surface area contributed by atoms with Crippen LogP contribution in [0.4, 0.5) is 0 Å². The lowest BCUT2D eigenvalue weighted by atomic mass is 10.0. The van der Waals surface area contributed by atoms with Crippen molar-refractivity contribution < 1.29 is 4.74 Å². The summed E-state index contributed by atoms with van der Waals surface area (Å²) < 4.78 is 7.56. The summed E-state index contributed by atoms with van der Waals surface area (Å²) in [5.74, 6) is 0. The fourth-order valence-corrected chi connectivity index (χ4v) is 2.26. The minimum Gasteiger partial charge on any atom is -0.374 e. The molecule has 5 heteroatoms. The van der Waals surface area contributed by atoms with Crippen molar-refractivity contribution in [3.63, 3.8) is 0 Å². The molecule has 2 atom stereocenters. The lowest BCUT2D eigenvalue weighted by Crippen LogP contribution is -2.51. The van der Waals surface area contributed by atoms with E-state index >= 15 is 0 Å². The molecular weight excluding hydrogens is 216 g/mol. The van der Waals surface area contributed by atoms with E-state index in [-0.39, 0.29) is 12.1 Å². The molecular formula is C12H22N4O. The molecule has 2 rings (SSSR count). The molecule has 0 saturated carbocycles. The van der Waals surface area contributed by atoms with E-state index in [0.29, 0.717) is 0 Å². The molecule has 1 aromatic rings. The third-order valence-electron chi connectivity index (χ3n) is 3.33. The van der Waals surface area contributed by atoms with Crippen molar-refractivity contribution in [1.82, 2.24) is 14.7 Å². The van der Waals surface area contributed by atoms with Crippen molar-refractivity contribution in [2.45, 2.75) is 25.5 Å². The standard InChI is InChI=1S/C12H22N4O/c1-3-16-4-5-17-12(9-16)11(13)6-10-7-14-15(2)8-10/h7-8,11-12H,3-6,9,13H2,1-2H3. The lowest BCUT2D eigenvalue weighted by molar-refractivity contribution is -0.0385. The molecule has 2 unspecified atom stereocenters. The van der Waals surface area contributed by atoms with Crippen LogP contribution < -0.4 is 5.73 Å². The summed E-state index contributed by atoms with van der Waals surface area (Å²) in [6.45, 7) is 6.00. The van der Waals surface area contributed by atoms with Crippen LogP contribution in [0.15, 0.2) is 12.4 Å². The number of nitrogens with zero attached hydrogens (tertiary/aromatic N) is 3. The molecule has 5 nitrogen and oxygen atoms in total. The first-order valence-corrected chi connectivity index (χ1v) is 6.26. The summed E-state index contributed by atoms with van der Waals surface area (Å²) in [5.41, 5.74) is 7.40. The van der Waals surface area contributed by atoms with Crippen molar-refractivity contribution in [2.24, 2.45) is 12.8 Å². The summed E-state index contributed by atoms with van der Waals surface area (Å²) >= 11 is 0. The number of nitrogens with two attached hydrogens (primary N) is 1. The SMILES string of the molecule is CCN1CCOC(C(N)Cc2cnn(C)c2)C1. The van der Waals surface area contributed by atoms with Gasteiger partial charge in [0.15, 0.2) is 0 Å². The monoisotopic (exact) mass is 238 g/mol. The Bertz CT molecular complexity index is 352. The van der Waals surface area contributed by atoms with E-state index in [1.54, 1.807) is 0 Å². The zero-order valence-electron chi connectivity index (χ0n) is 10.7. The average Bonchev–Trinajstić information content (AvgIpc) is 2.75. The van der Waals surface area contributed by atoms with Gasteiger partial charge in [0.2, 0.25) is 0 Å². The maximum atomic E-state index is 6.22. The van der Waals surface area contributed by atoms with Crippen LogP contribution in [-0.4, -0.2) is 53.1 Å². The zero-order valence-corrected chi connectivity index (χ0v) is 10.7. The van der Waals surface area contributed by atoms with Crippen molar-refractivity contribution in [2.75, 3.05) is 26.2 Å². The molecule has 0 spiro atoms. The predicted molar refractivity (Wildman–Crippen MR) is 66.7 cm³/mol. The van der Waals surface area contributed by atoms with E-state index in [0.717, 1.165) is 32.7 Å². The van der Waals surface area contributed by atoms with Gasteiger partial charge in [-0.05, 0) is 18.5 Å². The van der Waals surface area contributed by atoms with E-state index < -0.39 is 0 Å². The maximum Gasteiger partial charge on any atom is 0.0856 e. The van der Waals surface area contributed by atoms with E-state index in [9.17, 15) is 0 Å². The second kappa shape index (κ2) is 5.62. The number of morpholine rings is 1. The predicted octanol–water partition coefficient (Wildman–Crippen LogP) is 0.0106. The number of likely N-dealkylation sites (N-methyl/N-ethyl adjacent to an activating group) is 1. The molecule has 0 amide bonds. The van der Waals surface area contributed by atoms with Gasteiger partial charge < -0.3 is 10.5 Å². The molecule has 0 aliphatic carbocycles. The van der Waals surface area contributed by atoms with Crippen molar-refractivity contribution in [3.8, 4) is 0 Å². The van der Waals surface area contributed by atoms with Gasteiger partial charge in [-0.2, -0.15) is 5.10 Å². The number of aromatic nitrogens is 2. The third kappa shape index (κ3) is 3.28. The number of hydrogen-bond acceptors (Lipinski definition) is 4. The quantitative estimate of drug-likeness (QED) is 0.803. The highest BCUT2D eigenvalue weighted by atomic mass is 16.5. The average molecular weight is 238 g/mol. The number of aryl methyl sites for hydroxylation is 1. The maximum absolute atomic E-state index is 6.22. The smallest absolute Gasteiger partial charge is 0.0856 e. The molecule has 96 valence electrons. The van der Waals surface area contributed by atoms with Gasteiger partial charge in [0.05, 0.1) is 18.9 Å². The topological polar surface area (TPSA) is 56.3 Å². The Morgan fingerprint density at radius 1 is 1.65 bits per heavy atom. The lowest BCUT2D eigenvalue weighted by Gasteiger charge is -2.35. The summed E-state index contributed by atoms with van der Waals surface area (Å²) in [6.07, 6.45) is 4.86. The highest BCUT2D eigenvalue weighted by molar-refractivity contribution is 5.06. The molecule has 1 fully saturated rings. The normalized spacial score (nSPS) is 23.8. The molecule has 1 aliphatic rings. The van der Waals surface area contributed by atoms with Crippen LogP contribution in [-0.2, 0) is 18.2 Å². The van der Waals surface area contributed by atoms with Gasteiger partial charge in [0, 0.05) is 32.4 Å². The summed E-state index contributed by atoms with van der Waals surface area (Å²) in [5, 5.41) is 4.16. The Morgan fingerprint density at radius 3 is 3.12 bits per heavy atom. The molecule has 1 saturated heterocycles. The van der Waals surface area contributed by atoms with Gasteiger partial charge in [-0.3, -0.25) is 9.58 Å². The summed E-state index contributed by atoms with van der Waals surface area (Å²) in [6, 6.07) is 0.0496. The van der Waals surface area contributed by atoms with Crippen LogP contribution in [0.1, 0.15) is 12.5 Å². The van der Waals surface area contributed by atoms with Gasteiger partial charge in [0.1, 0.15) is 0 Å². The van der Waals surface area contributed by atoms with E-state index in [4.69, 9.17) is 10.5 Å². The van der Waals surface area contributed by atoms with Gasteiger partial charge in [0.25, 0.3) is 0 Å². The minimum atomic E-state index is 0.0496. The molecule has 1 aliphatic heterocycles. The largest absolute Gasteiger partial charge is 0.374 e. The molecule has 1 aromatic heterocycles. The second-order valence-corrected chi connectivity index (χ2v) is 4.69. The Hall–Kier alpha value is -0.910. The van der Waals surface area contributed by atoms with Crippen LogP contribution in [0, 0.1) is 0 Å². The summed E-state index contributed by atoms with van der Waals surface area (Å²) in [7, 11) is 1.92. The first-order valence-electron chi connectivity index (χ1n) is 6.26. The second-order valence-electron chi connectivity index (χ2n) is 4.69. The molecule has 0 radical (unpaired) electrons. The Kier molecular flexibility index (Phi) is 4.15. The Labute approximate surface area is 103 Å². The number of hydrogen-bond donors (Lipinski definition) is 1. The molecule has 2 N–H and O–H groups in total. The van der Waals surface area contributed by atoms with Gasteiger partial charge in [-0.15, -0.1) is 0 Å². The van der Waals surface area contributed by atoms with Crippen molar-refractivity contribution >= 4 is 0 Å². The fourth-order valence-electron chi connectivity index (χ4n) is 2.26. The van der Waals surface area contributed by atoms with Crippen molar-refractivity contribution in [3.05, 3.63) is 18.0 Å². The number of ether oxygens (including phenoxy) is 1. The zero-order chi connectivity index (χ0) is 12.3. The third-order valence-corrected chi connectivity index (χ3v) is 3.33. The van der Waals surface area contributed by atoms with Gasteiger partial charge >= 0.3 is 0 Å². The molecule has 0 aromatic carbocycles. The Balaban J connectivity index is 1.88. The fraction of sp³-hybridized carbons (Fsp3) is 0.750. The molecule has 17 heavy (non-hydrogen) atoms. The minimum absolute atomic E-state index is 0.0496. The van der Waals surface area contributed by atoms with E-state index in [1.165, 1.54) is 5.56 Å². The summed E-state index contributed by atoms with van der Waals surface area (Å²) in [4.78, 5) is 2.39. The van der Waals surface area contributed by atoms with Crippen LogP contribution in [0.3, 0.4) is 0 Å². The van der Waals surface area contributed by atoms with Gasteiger partial charge in [-0.1, -0.05) is 6.92 Å². The van der Waals surface area contributed by atoms with Crippen LogP contribution >= 0.6 is 0 Å². The first kappa shape index (κ1) is 12.5. The molecule has 0 bridgehead atoms. The van der Waals surface area contributed by atoms with E-state index in [1.807, 2.05) is 24.1 Å². The first-order chi connectivity index (χ1) is 8.19. The Morgan fingerprint density at radius 2 is 2.47 bits per heavy atom. The van der Waals surface area contributed by atoms with Crippen LogP contribution in [0.5, 0.6) is 0 Å². The van der Waals surface area contributed by atoms with Crippen LogP contribution in [0.2, 0.25) is 0 Å². The van der Waals surface area contributed by atoms with Crippen LogP contribution in [0.25, 0.3) is 0 Å².